The SMILES string of the molecule is COc1cc(I)c(CC(N)=O)cn1. The molecule has 4 nitrogen and oxygen atoms in total. The van der Waals surface area contributed by atoms with Crippen molar-refractivity contribution in [3.05, 3.63) is 21.4 Å². The van der Waals surface area contributed by atoms with E-state index in [0.717, 1.165) is 9.13 Å². The van der Waals surface area contributed by atoms with Gasteiger partial charge in [-0.05, 0) is 28.2 Å². The smallest absolute Gasteiger partial charge is 0.221 e. The summed E-state index contributed by atoms with van der Waals surface area (Å²) >= 11 is 2.11. The molecule has 1 rings (SSSR count). The molecule has 0 aliphatic heterocycles. The minimum atomic E-state index is -0.357. The highest BCUT2D eigenvalue weighted by molar-refractivity contribution is 14.1. The minimum Gasteiger partial charge on any atom is -0.481 e. The molecule has 0 radical (unpaired) electrons. The molecule has 5 heteroatoms. The third kappa shape index (κ3) is 2.83. The molecule has 13 heavy (non-hydrogen) atoms. The number of hydrogen-bond acceptors (Lipinski definition) is 3. The number of ether oxygens (including phenoxy) is 1. The van der Waals surface area contributed by atoms with Crippen molar-refractivity contribution < 1.29 is 9.53 Å². The number of halogens is 1. The predicted octanol–water partition coefficient (Wildman–Crippen LogP) is 0.723. The zero-order valence-electron chi connectivity index (χ0n) is 7.08. The summed E-state index contributed by atoms with van der Waals surface area (Å²) in [5.74, 6) is 0.183. The average Bonchev–Trinajstić information content (AvgIpc) is 2.08. The van der Waals surface area contributed by atoms with Crippen LogP contribution >= 0.6 is 22.6 Å². The van der Waals surface area contributed by atoms with Crippen molar-refractivity contribution >= 4 is 28.5 Å². The first-order valence-corrected chi connectivity index (χ1v) is 4.68. The molecule has 1 aromatic rings. The monoisotopic (exact) mass is 292 g/mol. The molecule has 0 spiro atoms. The van der Waals surface area contributed by atoms with Crippen LogP contribution in [0.5, 0.6) is 5.88 Å². The number of pyridine rings is 1. The summed E-state index contributed by atoms with van der Waals surface area (Å²) in [6, 6.07) is 1.76. The van der Waals surface area contributed by atoms with Crippen molar-refractivity contribution in [2.24, 2.45) is 5.73 Å². The molecular weight excluding hydrogens is 283 g/mol. The highest BCUT2D eigenvalue weighted by Gasteiger charge is 2.05. The van der Waals surface area contributed by atoms with Gasteiger partial charge in [0.15, 0.2) is 0 Å². The fraction of sp³-hybridized carbons (Fsp3) is 0.250. The van der Waals surface area contributed by atoms with E-state index in [1.165, 1.54) is 0 Å². The molecule has 0 aliphatic rings. The Balaban J connectivity index is 2.91. The Labute approximate surface area is 89.6 Å². The minimum absolute atomic E-state index is 0.218. The predicted molar refractivity (Wildman–Crippen MR) is 56.4 cm³/mol. The first kappa shape index (κ1) is 10.2. The van der Waals surface area contributed by atoms with Crippen LogP contribution < -0.4 is 10.5 Å². The summed E-state index contributed by atoms with van der Waals surface area (Å²) in [5, 5.41) is 0. The van der Waals surface area contributed by atoms with Crippen molar-refractivity contribution in [2.45, 2.75) is 6.42 Å². The molecule has 0 saturated heterocycles. The van der Waals surface area contributed by atoms with Crippen molar-refractivity contribution in [1.29, 1.82) is 0 Å². The number of carbonyl (C=O) groups excluding carboxylic acids is 1. The maximum Gasteiger partial charge on any atom is 0.221 e. The Kier molecular flexibility index (Phi) is 3.47. The molecule has 2 N–H and O–H groups in total. The van der Waals surface area contributed by atoms with Gasteiger partial charge in [0.2, 0.25) is 11.8 Å². The molecule has 1 aromatic heterocycles. The normalized spacial score (nSPS) is 9.69. The van der Waals surface area contributed by atoms with Gasteiger partial charge in [-0.1, -0.05) is 0 Å². The van der Waals surface area contributed by atoms with Gasteiger partial charge in [-0.25, -0.2) is 4.98 Å². The second kappa shape index (κ2) is 4.40. The van der Waals surface area contributed by atoms with Crippen molar-refractivity contribution in [3.8, 4) is 5.88 Å². The third-order valence-corrected chi connectivity index (χ3v) is 2.48. The number of amides is 1. The first-order chi connectivity index (χ1) is 6.13. The number of nitrogens with zero attached hydrogens (tertiary/aromatic N) is 1. The van der Waals surface area contributed by atoms with Crippen LogP contribution in [0.2, 0.25) is 0 Å². The quantitative estimate of drug-likeness (QED) is 0.835. The number of primary amides is 1. The average molecular weight is 292 g/mol. The van der Waals surface area contributed by atoms with Crippen LogP contribution in [0.25, 0.3) is 0 Å². The summed E-state index contributed by atoms with van der Waals surface area (Å²) in [6.45, 7) is 0. The fourth-order valence-electron chi connectivity index (χ4n) is 0.871. The second-order valence-electron chi connectivity index (χ2n) is 2.46. The van der Waals surface area contributed by atoms with Gasteiger partial charge in [0.05, 0.1) is 13.5 Å². The number of hydrogen-bond donors (Lipinski definition) is 1. The maximum absolute atomic E-state index is 10.6. The lowest BCUT2D eigenvalue weighted by atomic mass is 10.2. The molecular formula is C8H9IN2O2. The van der Waals surface area contributed by atoms with Gasteiger partial charge in [0.1, 0.15) is 0 Å². The van der Waals surface area contributed by atoms with Gasteiger partial charge in [-0.15, -0.1) is 0 Å². The number of carbonyl (C=O) groups is 1. The summed E-state index contributed by atoms with van der Waals surface area (Å²) in [6.07, 6.45) is 1.82. The molecule has 0 unspecified atom stereocenters. The molecule has 0 aliphatic carbocycles. The van der Waals surface area contributed by atoms with Crippen LogP contribution in [0.15, 0.2) is 12.3 Å². The Morgan fingerprint density at radius 1 is 1.77 bits per heavy atom. The molecule has 0 bridgehead atoms. The van der Waals surface area contributed by atoms with Crippen molar-refractivity contribution in [3.63, 3.8) is 0 Å². The summed E-state index contributed by atoms with van der Waals surface area (Å²) in [5.41, 5.74) is 5.89. The van der Waals surface area contributed by atoms with Crippen molar-refractivity contribution in [2.75, 3.05) is 7.11 Å². The molecule has 0 aromatic carbocycles. The van der Waals surface area contributed by atoms with E-state index in [4.69, 9.17) is 10.5 Å². The second-order valence-corrected chi connectivity index (χ2v) is 3.62. The zero-order valence-corrected chi connectivity index (χ0v) is 9.24. The van der Waals surface area contributed by atoms with Gasteiger partial charge in [-0.3, -0.25) is 4.79 Å². The summed E-state index contributed by atoms with van der Waals surface area (Å²) in [4.78, 5) is 14.6. The van der Waals surface area contributed by atoms with E-state index in [1.807, 2.05) is 0 Å². The van der Waals surface area contributed by atoms with E-state index in [9.17, 15) is 4.79 Å². The standard InChI is InChI=1S/C8H9IN2O2/c1-13-8-3-6(9)5(4-11-8)2-7(10)12/h3-4H,2H2,1H3,(H2,10,12). The van der Waals surface area contributed by atoms with E-state index in [0.29, 0.717) is 5.88 Å². The molecule has 0 saturated carbocycles. The topological polar surface area (TPSA) is 65.2 Å². The number of methoxy groups -OCH3 is 1. The van der Waals surface area contributed by atoms with E-state index in [-0.39, 0.29) is 12.3 Å². The van der Waals surface area contributed by atoms with Gasteiger partial charge in [0.25, 0.3) is 0 Å². The Morgan fingerprint density at radius 2 is 2.46 bits per heavy atom. The third-order valence-electron chi connectivity index (χ3n) is 1.48. The summed E-state index contributed by atoms with van der Waals surface area (Å²) < 4.78 is 5.86. The lowest BCUT2D eigenvalue weighted by Gasteiger charge is -2.03. The van der Waals surface area contributed by atoms with Crippen molar-refractivity contribution in [1.82, 2.24) is 4.98 Å². The molecule has 1 amide bonds. The lowest BCUT2D eigenvalue weighted by Crippen LogP contribution is -2.14. The van der Waals surface area contributed by atoms with Crippen LogP contribution in [-0.4, -0.2) is 18.0 Å². The van der Waals surface area contributed by atoms with Crippen LogP contribution in [0, 0.1) is 3.57 Å². The van der Waals surface area contributed by atoms with E-state index >= 15 is 0 Å². The number of rotatable bonds is 3. The van der Waals surface area contributed by atoms with Crippen LogP contribution in [0.1, 0.15) is 5.56 Å². The highest BCUT2D eigenvalue weighted by Crippen LogP contribution is 2.16. The first-order valence-electron chi connectivity index (χ1n) is 3.60. The highest BCUT2D eigenvalue weighted by atomic mass is 127. The van der Waals surface area contributed by atoms with Gasteiger partial charge in [-0.2, -0.15) is 0 Å². The van der Waals surface area contributed by atoms with Gasteiger partial charge >= 0.3 is 0 Å². The molecule has 0 fully saturated rings. The fourth-order valence-corrected chi connectivity index (χ4v) is 1.47. The largest absolute Gasteiger partial charge is 0.481 e. The van der Waals surface area contributed by atoms with E-state index in [1.54, 1.807) is 19.4 Å². The van der Waals surface area contributed by atoms with Crippen LogP contribution in [-0.2, 0) is 11.2 Å². The molecule has 0 atom stereocenters. The van der Waals surface area contributed by atoms with Crippen LogP contribution in [0.3, 0.4) is 0 Å². The molecule has 70 valence electrons. The van der Waals surface area contributed by atoms with E-state index in [2.05, 4.69) is 27.6 Å². The van der Waals surface area contributed by atoms with Gasteiger partial charge in [0, 0.05) is 15.8 Å². The maximum atomic E-state index is 10.6. The zero-order chi connectivity index (χ0) is 9.84. The summed E-state index contributed by atoms with van der Waals surface area (Å²) in [7, 11) is 1.55. The Bertz CT molecular complexity index is 328. The van der Waals surface area contributed by atoms with E-state index < -0.39 is 0 Å². The number of nitrogens with two attached hydrogens (primary N) is 1. The Hall–Kier alpha value is -0.850. The molecule has 1 heterocycles. The number of aromatic nitrogens is 1. The Morgan fingerprint density at radius 3 is 2.92 bits per heavy atom. The van der Waals surface area contributed by atoms with Gasteiger partial charge < -0.3 is 10.5 Å². The lowest BCUT2D eigenvalue weighted by molar-refractivity contribution is -0.117. The van der Waals surface area contributed by atoms with Crippen LogP contribution in [0.4, 0.5) is 0 Å².